The molecule has 0 heterocycles. The summed E-state index contributed by atoms with van der Waals surface area (Å²) in [6, 6.07) is 0. The van der Waals surface area contributed by atoms with Gasteiger partial charge in [-0.05, 0) is 31.6 Å². The second kappa shape index (κ2) is 70.0. The molecule has 74 heavy (non-hydrogen) atoms. The van der Waals surface area contributed by atoms with Crippen LogP contribution in [-0.2, 0) is 19.1 Å². The third-order valence-electron chi connectivity index (χ3n) is 15.9. The molecule has 4 nitrogen and oxygen atoms in total. The van der Waals surface area contributed by atoms with Crippen molar-refractivity contribution < 1.29 is 19.1 Å². The number of unbranched alkanes of at least 4 members (excludes halogenated alkanes) is 53. The van der Waals surface area contributed by atoms with Gasteiger partial charge in [0.1, 0.15) is 0 Å². The van der Waals surface area contributed by atoms with E-state index in [0.717, 1.165) is 31.6 Å². The van der Waals surface area contributed by atoms with Crippen molar-refractivity contribution in [2.75, 3.05) is 13.2 Å². The zero-order valence-electron chi connectivity index (χ0n) is 52.1. The van der Waals surface area contributed by atoms with Crippen LogP contribution in [0.3, 0.4) is 0 Å². The number of carbonyl (C=O) groups is 2. The molecule has 0 saturated carbocycles. The van der Waals surface area contributed by atoms with Crippen LogP contribution in [0.2, 0.25) is 0 Å². The van der Waals surface area contributed by atoms with Crippen LogP contribution in [0.25, 0.3) is 0 Å². The Kier molecular flexibility index (Phi) is 70.9. The zero-order chi connectivity index (χ0) is 54.0. The van der Waals surface area contributed by atoms with Gasteiger partial charge in [0.25, 0.3) is 0 Å². The largest absolute Gasteiger partial charge is 0.466 e. The van der Waals surface area contributed by atoms with E-state index < -0.39 is 0 Å². The van der Waals surface area contributed by atoms with Crippen LogP contribution in [0.15, 0.2) is 0 Å². The number of hydrogen-bond donors (Lipinski definition) is 0. The summed E-state index contributed by atoms with van der Waals surface area (Å²) < 4.78 is 10.9. The molecule has 0 aromatic heterocycles. The molecular weight excluding hydrogens is 905 g/mol. The molecule has 0 rings (SSSR count). The Balaban J connectivity index is 0. The molecule has 4 heteroatoms. The van der Waals surface area contributed by atoms with Gasteiger partial charge in [-0.1, -0.05) is 381 Å². The SMILES string of the molecule is CCCCCCCCCCCCCCCCCCOC(=O)CCCCCCCCCCCCCCCCC.CCCCCCCCCCCCCCCCOC(=O)CCCCCCCCCCCCCCC(C)C. The lowest BCUT2D eigenvalue weighted by atomic mass is 10.0. The van der Waals surface area contributed by atoms with Crippen LogP contribution in [-0.4, -0.2) is 25.2 Å². The summed E-state index contributed by atoms with van der Waals surface area (Å²) in [7, 11) is 0. The topological polar surface area (TPSA) is 52.6 Å². The molecule has 0 aliphatic heterocycles. The number of carbonyl (C=O) groups excluding carboxylic acids is 2. The maximum absolute atomic E-state index is 11.9. The van der Waals surface area contributed by atoms with Crippen molar-refractivity contribution in [3.63, 3.8) is 0 Å². The minimum absolute atomic E-state index is 0.0260. The number of ether oxygens (including phenoxy) is 2. The Morgan fingerprint density at radius 1 is 0.230 bits per heavy atom. The van der Waals surface area contributed by atoms with Crippen molar-refractivity contribution in [1.29, 1.82) is 0 Å². The second-order valence-corrected chi connectivity index (χ2v) is 24.2. The van der Waals surface area contributed by atoms with E-state index in [9.17, 15) is 9.59 Å². The average Bonchev–Trinajstić information content (AvgIpc) is 3.39. The predicted octanol–water partition coefficient (Wildman–Crippen LogP) is 25.2. The molecule has 0 aromatic rings. The summed E-state index contributed by atoms with van der Waals surface area (Å²) >= 11 is 0. The van der Waals surface area contributed by atoms with Gasteiger partial charge in [-0.3, -0.25) is 9.59 Å². The van der Waals surface area contributed by atoms with E-state index in [-0.39, 0.29) is 11.9 Å². The van der Waals surface area contributed by atoms with E-state index in [4.69, 9.17) is 9.47 Å². The first-order chi connectivity index (χ1) is 36.5. The first-order valence-corrected chi connectivity index (χ1v) is 34.8. The molecule has 444 valence electrons. The molecule has 0 aromatic carbocycles. The normalized spacial score (nSPS) is 11.4. The summed E-state index contributed by atoms with van der Waals surface area (Å²) in [6.45, 7) is 12.8. The van der Waals surface area contributed by atoms with Gasteiger partial charge in [0.05, 0.1) is 13.2 Å². The van der Waals surface area contributed by atoms with Gasteiger partial charge in [0.2, 0.25) is 0 Å². The summed E-state index contributed by atoms with van der Waals surface area (Å²) in [5.74, 6) is 0.924. The maximum atomic E-state index is 11.9. The molecule has 0 fully saturated rings. The molecule has 0 saturated heterocycles. The van der Waals surface area contributed by atoms with Gasteiger partial charge in [-0.25, -0.2) is 0 Å². The van der Waals surface area contributed by atoms with Crippen molar-refractivity contribution in [2.24, 2.45) is 5.92 Å². The Hall–Kier alpha value is -1.06. The van der Waals surface area contributed by atoms with Crippen molar-refractivity contribution >= 4 is 11.9 Å². The van der Waals surface area contributed by atoms with Gasteiger partial charge in [0, 0.05) is 12.8 Å². The summed E-state index contributed by atoms with van der Waals surface area (Å²) in [5, 5.41) is 0. The fourth-order valence-corrected chi connectivity index (χ4v) is 10.7. The van der Waals surface area contributed by atoms with Crippen LogP contribution in [0, 0.1) is 5.92 Å². The van der Waals surface area contributed by atoms with Crippen LogP contribution >= 0.6 is 0 Å². The Morgan fingerprint density at radius 2 is 0.392 bits per heavy atom. The smallest absolute Gasteiger partial charge is 0.305 e. The highest BCUT2D eigenvalue weighted by molar-refractivity contribution is 5.69. The predicted molar refractivity (Wildman–Crippen MR) is 331 cm³/mol. The van der Waals surface area contributed by atoms with E-state index in [0.29, 0.717) is 26.1 Å². The lowest BCUT2D eigenvalue weighted by Gasteiger charge is -2.06. The van der Waals surface area contributed by atoms with E-state index >= 15 is 0 Å². The van der Waals surface area contributed by atoms with E-state index in [2.05, 4.69) is 34.6 Å². The van der Waals surface area contributed by atoms with Crippen molar-refractivity contribution in [2.45, 2.75) is 420 Å². The molecule has 0 spiro atoms. The third kappa shape index (κ3) is 73.0. The first-order valence-electron chi connectivity index (χ1n) is 34.8. The standard InChI is InChI=1S/C36H72O2.C34H68O2/c1-3-5-7-9-11-13-15-17-19-21-23-25-27-29-31-33-35-38-36(37)34-32-30-28-26-24-22-20-18-16-14-12-10-8-6-4-2;1-4-5-6-7-8-9-10-11-14-17-20-23-26-29-32-36-34(35)31-28-25-22-19-16-13-12-15-18-21-24-27-30-33(2)3/h3-35H2,1-2H3;33H,4-32H2,1-3H3. The highest BCUT2D eigenvalue weighted by Crippen LogP contribution is 2.19. The van der Waals surface area contributed by atoms with Gasteiger partial charge in [0.15, 0.2) is 0 Å². The lowest BCUT2D eigenvalue weighted by Crippen LogP contribution is -2.05. The highest BCUT2D eigenvalue weighted by atomic mass is 16.5. The highest BCUT2D eigenvalue weighted by Gasteiger charge is 2.05. The summed E-state index contributed by atoms with van der Waals surface area (Å²) in [5.41, 5.74) is 0. The monoisotopic (exact) mass is 1050 g/mol. The van der Waals surface area contributed by atoms with E-state index in [1.165, 1.54) is 347 Å². The quantitative estimate of drug-likeness (QED) is 0.0450. The zero-order valence-corrected chi connectivity index (χ0v) is 52.1. The first kappa shape index (κ1) is 75.0. The van der Waals surface area contributed by atoms with Gasteiger partial charge >= 0.3 is 11.9 Å². The molecule has 0 amide bonds. The minimum atomic E-state index is 0.0260. The average molecular weight is 1050 g/mol. The fraction of sp³-hybridized carbons (Fsp3) is 0.971. The van der Waals surface area contributed by atoms with Crippen LogP contribution in [0.4, 0.5) is 0 Å². The Labute approximate surface area is 467 Å². The summed E-state index contributed by atoms with van der Waals surface area (Å²) in [4.78, 5) is 23.8. The van der Waals surface area contributed by atoms with Crippen LogP contribution < -0.4 is 0 Å². The molecule has 0 bridgehead atoms. The lowest BCUT2D eigenvalue weighted by molar-refractivity contribution is -0.144. The molecule has 0 atom stereocenters. The van der Waals surface area contributed by atoms with E-state index in [1.54, 1.807) is 0 Å². The molecular formula is C70H140O4. The van der Waals surface area contributed by atoms with Crippen LogP contribution in [0.1, 0.15) is 420 Å². The fourth-order valence-electron chi connectivity index (χ4n) is 10.7. The second-order valence-electron chi connectivity index (χ2n) is 24.2. The maximum Gasteiger partial charge on any atom is 0.305 e. The third-order valence-corrected chi connectivity index (χ3v) is 15.9. The molecule has 0 unspecified atom stereocenters. The van der Waals surface area contributed by atoms with Crippen molar-refractivity contribution in [1.82, 2.24) is 0 Å². The van der Waals surface area contributed by atoms with Crippen LogP contribution in [0.5, 0.6) is 0 Å². The summed E-state index contributed by atoms with van der Waals surface area (Å²) in [6.07, 6.45) is 80.3. The van der Waals surface area contributed by atoms with Gasteiger partial charge in [-0.2, -0.15) is 0 Å². The number of esters is 2. The number of hydrogen-bond acceptors (Lipinski definition) is 4. The Morgan fingerprint density at radius 3 is 0.581 bits per heavy atom. The molecule has 0 N–H and O–H groups in total. The number of rotatable bonds is 63. The van der Waals surface area contributed by atoms with E-state index in [1.807, 2.05) is 0 Å². The van der Waals surface area contributed by atoms with Gasteiger partial charge in [-0.15, -0.1) is 0 Å². The van der Waals surface area contributed by atoms with Crippen molar-refractivity contribution in [3.05, 3.63) is 0 Å². The molecule has 0 aliphatic carbocycles. The molecule has 0 radical (unpaired) electrons. The van der Waals surface area contributed by atoms with Crippen molar-refractivity contribution in [3.8, 4) is 0 Å². The molecule has 0 aliphatic rings. The Bertz CT molecular complexity index is 1010. The minimum Gasteiger partial charge on any atom is -0.466 e. The van der Waals surface area contributed by atoms with Gasteiger partial charge < -0.3 is 9.47 Å².